The van der Waals surface area contributed by atoms with Gasteiger partial charge in [-0.1, -0.05) is 0 Å². The lowest BCUT2D eigenvalue weighted by Gasteiger charge is -2.20. The van der Waals surface area contributed by atoms with Crippen LogP contribution in [0.15, 0.2) is 10.2 Å². The van der Waals surface area contributed by atoms with Crippen molar-refractivity contribution in [2.45, 2.75) is 44.2 Å². The highest BCUT2D eigenvalue weighted by molar-refractivity contribution is 5.75. The number of nitrogens with zero attached hydrogens (tertiary/aromatic N) is 4. The Hall–Kier alpha value is -1.45. The highest BCUT2D eigenvalue weighted by Crippen LogP contribution is 2.37. The molecule has 2 aliphatic heterocycles. The number of amides is 1. The molecule has 0 aromatic heterocycles. The van der Waals surface area contributed by atoms with Crippen molar-refractivity contribution in [1.29, 1.82) is 0 Å². The summed E-state index contributed by atoms with van der Waals surface area (Å²) in [6.07, 6.45) is 10.1. The van der Waals surface area contributed by atoms with Gasteiger partial charge in [-0.25, -0.2) is 0 Å². The van der Waals surface area contributed by atoms with Crippen molar-refractivity contribution in [3.63, 3.8) is 0 Å². The summed E-state index contributed by atoms with van der Waals surface area (Å²) in [5.74, 6) is 2.70. The fourth-order valence-corrected chi connectivity index (χ4v) is 2.92. The minimum Gasteiger partial charge on any atom is -0.356 e. The molecule has 0 aromatic rings. The highest BCUT2D eigenvalue weighted by Gasteiger charge is 2.39. The van der Waals surface area contributed by atoms with Gasteiger partial charge in [-0.15, -0.1) is 12.3 Å². The van der Waals surface area contributed by atoms with Crippen LogP contribution in [0, 0.1) is 12.3 Å². The van der Waals surface area contributed by atoms with E-state index in [9.17, 15) is 4.79 Å². The van der Waals surface area contributed by atoms with Crippen LogP contribution in [0.25, 0.3) is 0 Å². The van der Waals surface area contributed by atoms with Gasteiger partial charge >= 0.3 is 0 Å². The summed E-state index contributed by atoms with van der Waals surface area (Å²) < 4.78 is 0. The monoisotopic (exact) mass is 319 g/mol. The van der Waals surface area contributed by atoms with Gasteiger partial charge in [0.05, 0.1) is 0 Å². The summed E-state index contributed by atoms with van der Waals surface area (Å²) in [4.78, 5) is 16.8. The van der Waals surface area contributed by atoms with Crippen molar-refractivity contribution in [1.82, 2.24) is 15.1 Å². The molecule has 0 bridgehead atoms. The molecular formula is C17H29N5O. The third-order valence-corrected chi connectivity index (χ3v) is 4.59. The lowest BCUT2D eigenvalue weighted by atomic mass is 10.0. The van der Waals surface area contributed by atoms with Crippen LogP contribution in [-0.4, -0.2) is 67.7 Å². The number of carbonyl (C=O) groups excluding carboxylic acids is 1. The molecule has 128 valence electrons. The SMILES string of the molecule is C#CCCC1(CCC(=O)NCCCN2CCCN(C)CC2)N=N1. The number of nitrogens with one attached hydrogen (secondary N) is 1. The molecule has 2 rings (SSSR count). The minimum atomic E-state index is -0.345. The first-order valence-electron chi connectivity index (χ1n) is 8.69. The maximum absolute atomic E-state index is 11.9. The third kappa shape index (κ3) is 6.67. The van der Waals surface area contributed by atoms with Gasteiger partial charge in [-0.05, 0) is 39.5 Å². The van der Waals surface area contributed by atoms with E-state index >= 15 is 0 Å². The van der Waals surface area contributed by atoms with Gasteiger partial charge in [0.2, 0.25) is 5.91 Å². The first kappa shape index (κ1) is 17.9. The normalized spacial score (nSPS) is 20.7. The molecule has 0 atom stereocenters. The van der Waals surface area contributed by atoms with E-state index in [4.69, 9.17) is 6.42 Å². The molecule has 0 radical (unpaired) electrons. The molecule has 0 unspecified atom stereocenters. The third-order valence-electron chi connectivity index (χ3n) is 4.59. The lowest BCUT2D eigenvalue weighted by molar-refractivity contribution is -0.121. The maximum Gasteiger partial charge on any atom is 0.220 e. The van der Waals surface area contributed by atoms with Gasteiger partial charge in [-0.3, -0.25) is 4.79 Å². The first-order chi connectivity index (χ1) is 11.1. The quantitative estimate of drug-likeness (QED) is 0.517. The average Bonchev–Trinajstić information content (AvgIpc) is 3.34. The Labute approximate surface area is 139 Å². The predicted octanol–water partition coefficient (Wildman–Crippen LogP) is 1.49. The smallest absolute Gasteiger partial charge is 0.220 e. The van der Waals surface area contributed by atoms with E-state index in [0.717, 1.165) is 39.0 Å². The summed E-state index contributed by atoms with van der Waals surface area (Å²) in [6, 6.07) is 0. The lowest BCUT2D eigenvalue weighted by Crippen LogP contribution is -2.32. The second kappa shape index (κ2) is 8.99. The van der Waals surface area contributed by atoms with Crippen LogP contribution < -0.4 is 5.32 Å². The van der Waals surface area contributed by atoms with Crippen LogP contribution in [0.4, 0.5) is 0 Å². The summed E-state index contributed by atoms with van der Waals surface area (Å²) in [5.41, 5.74) is -0.345. The van der Waals surface area contributed by atoms with Gasteiger partial charge in [-0.2, -0.15) is 10.2 Å². The number of rotatable bonds is 9. The molecule has 2 heterocycles. The Morgan fingerprint density at radius 1 is 1.26 bits per heavy atom. The zero-order valence-electron chi connectivity index (χ0n) is 14.3. The van der Waals surface area contributed by atoms with Gasteiger partial charge < -0.3 is 15.1 Å². The van der Waals surface area contributed by atoms with Gasteiger partial charge in [0, 0.05) is 45.3 Å². The molecule has 0 aromatic carbocycles. The standard InChI is InChI=1S/C17H29N5O/c1-3-4-8-17(19-20-17)9-7-16(23)18-10-5-12-22-13-6-11-21(2)14-15-22/h1H,4-15H2,2H3,(H,18,23). The number of hydrogen-bond acceptors (Lipinski definition) is 5. The van der Waals surface area contributed by atoms with E-state index in [0.29, 0.717) is 19.3 Å². The topological polar surface area (TPSA) is 60.3 Å². The van der Waals surface area contributed by atoms with Crippen LogP contribution in [0.5, 0.6) is 0 Å². The molecule has 0 spiro atoms. The van der Waals surface area contributed by atoms with Gasteiger partial charge in [0.15, 0.2) is 5.66 Å². The van der Waals surface area contributed by atoms with E-state index in [2.05, 4.69) is 38.3 Å². The number of likely N-dealkylation sites (N-methyl/N-ethyl adjacent to an activating group) is 1. The largest absolute Gasteiger partial charge is 0.356 e. The minimum absolute atomic E-state index is 0.0954. The van der Waals surface area contributed by atoms with Crippen molar-refractivity contribution in [3.8, 4) is 12.3 Å². The number of terminal acetylenes is 1. The molecule has 1 fully saturated rings. The fourth-order valence-electron chi connectivity index (χ4n) is 2.92. The Morgan fingerprint density at radius 3 is 2.83 bits per heavy atom. The van der Waals surface area contributed by atoms with Crippen molar-refractivity contribution >= 4 is 5.91 Å². The predicted molar refractivity (Wildman–Crippen MR) is 91.1 cm³/mol. The first-order valence-corrected chi connectivity index (χ1v) is 8.69. The van der Waals surface area contributed by atoms with Crippen molar-refractivity contribution < 1.29 is 4.79 Å². The molecule has 0 saturated carbocycles. The molecule has 1 saturated heterocycles. The number of hydrogen-bond donors (Lipinski definition) is 1. The van der Waals surface area contributed by atoms with Gasteiger partial charge in [0.25, 0.3) is 0 Å². The summed E-state index contributed by atoms with van der Waals surface area (Å²) >= 11 is 0. The fraction of sp³-hybridized carbons (Fsp3) is 0.824. The van der Waals surface area contributed by atoms with Crippen LogP contribution in [-0.2, 0) is 4.79 Å². The van der Waals surface area contributed by atoms with Crippen molar-refractivity contribution in [2.75, 3.05) is 46.3 Å². The Bertz CT molecular complexity index is 450. The van der Waals surface area contributed by atoms with E-state index in [1.807, 2.05) is 0 Å². The highest BCUT2D eigenvalue weighted by atomic mass is 16.1. The summed E-state index contributed by atoms with van der Waals surface area (Å²) in [5, 5.41) is 11.1. The number of carbonyl (C=O) groups is 1. The van der Waals surface area contributed by atoms with Gasteiger partial charge in [0.1, 0.15) is 0 Å². The zero-order chi connectivity index (χ0) is 16.5. The summed E-state index contributed by atoms with van der Waals surface area (Å²) in [7, 11) is 2.18. The molecule has 6 nitrogen and oxygen atoms in total. The molecule has 2 aliphatic rings. The van der Waals surface area contributed by atoms with Crippen LogP contribution >= 0.6 is 0 Å². The maximum atomic E-state index is 11.9. The van der Waals surface area contributed by atoms with E-state index in [1.54, 1.807) is 0 Å². The average molecular weight is 319 g/mol. The zero-order valence-corrected chi connectivity index (χ0v) is 14.3. The Balaban J connectivity index is 1.51. The van der Waals surface area contributed by atoms with Crippen LogP contribution in [0.3, 0.4) is 0 Å². The molecule has 23 heavy (non-hydrogen) atoms. The second-order valence-corrected chi connectivity index (χ2v) is 6.59. The van der Waals surface area contributed by atoms with Crippen LogP contribution in [0.2, 0.25) is 0 Å². The van der Waals surface area contributed by atoms with E-state index in [1.165, 1.54) is 19.5 Å². The molecule has 1 N–H and O–H groups in total. The van der Waals surface area contributed by atoms with E-state index < -0.39 is 0 Å². The molecule has 0 aliphatic carbocycles. The van der Waals surface area contributed by atoms with Crippen molar-refractivity contribution in [3.05, 3.63) is 0 Å². The molecule has 1 amide bonds. The Morgan fingerprint density at radius 2 is 2.09 bits per heavy atom. The van der Waals surface area contributed by atoms with E-state index in [-0.39, 0.29) is 11.6 Å². The summed E-state index contributed by atoms with van der Waals surface area (Å²) in [6.45, 7) is 6.43. The molecule has 6 heteroatoms. The van der Waals surface area contributed by atoms with Crippen LogP contribution in [0.1, 0.15) is 38.5 Å². The van der Waals surface area contributed by atoms with Crippen molar-refractivity contribution in [2.24, 2.45) is 10.2 Å². The Kier molecular flexibility index (Phi) is 7.00. The second-order valence-electron chi connectivity index (χ2n) is 6.59. The molecular weight excluding hydrogens is 290 g/mol.